The number of pyridine rings is 1. The summed E-state index contributed by atoms with van der Waals surface area (Å²) in [4.78, 5) is 21.5. The molecule has 0 radical (unpaired) electrons. The van der Waals surface area contributed by atoms with Crippen LogP contribution in [0.2, 0.25) is 0 Å². The third-order valence-corrected chi connectivity index (χ3v) is 4.07. The third kappa shape index (κ3) is 2.83. The largest absolute Gasteiger partial charge is 0.379 e. The number of hydrogen-bond acceptors (Lipinski definition) is 3. The number of nitrogens with one attached hydrogen (secondary N) is 1. The lowest BCUT2D eigenvalue weighted by Gasteiger charge is -2.27. The maximum Gasteiger partial charge on any atom is 0.270 e. The highest BCUT2D eigenvalue weighted by Gasteiger charge is 2.37. The van der Waals surface area contributed by atoms with E-state index in [2.05, 4.69) is 9.97 Å². The summed E-state index contributed by atoms with van der Waals surface area (Å²) in [6.45, 7) is 0.728. The Morgan fingerprint density at radius 1 is 1.43 bits per heavy atom. The number of aromatic amines is 1. The Bertz CT molecular complexity index is 583. The number of H-pyrrole nitrogens is 1. The summed E-state index contributed by atoms with van der Waals surface area (Å²) >= 11 is 0. The van der Waals surface area contributed by atoms with Crippen molar-refractivity contribution in [2.75, 3.05) is 13.7 Å². The summed E-state index contributed by atoms with van der Waals surface area (Å²) in [5.74, 6) is 0.0404. The Hall–Kier alpha value is -2.14. The number of ether oxygens (including phenoxy) is 1. The van der Waals surface area contributed by atoms with E-state index in [4.69, 9.17) is 4.74 Å². The number of amides is 1. The van der Waals surface area contributed by atoms with Crippen molar-refractivity contribution in [3.05, 3.63) is 54.1 Å². The third-order valence-electron chi connectivity index (χ3n) is 4.07. The number of carbonyl (C=O) groups is 1. The number of nitrogens with zero attached hydrogens (tertiary/aromatic N) is 2. The molecular weight excluding hydrogens is 266 g/mol. The standard InChI is InChI=1S/C16H19N3O2/c1-21-15-6-10-19(16(20)13-3-2-7-18-13)14(15)11-12-4-8-17-9-5-12/h2-5,7-9,14-15,18H,6,10-11H2,1H3/t14-,15-/m1/s1. The summed E-state index contributed by atoms with van der Waals surface area (Å²) in [5.41, 5.74) is 1.80. The average Bonchev–Trinajstić information content (AvgIpc) is 3.17. The van der Waals surface area contributed by atoms with Gasteiger partial charge in [0.1, 0.15) is 5.69 Å². The highest BCUT2D eigenvalue weighted by atomic mass is 16.5. The van der Waals surface area contributed by atoms with Crippen molar-refractivity contribution in [1.29, 1.82) is 0 Å². The van der Waals surface area contributed by atoms with Crippen molar-refractivity contribution in [3.8, 4) is 0 Å². The normalized spacial score (nSPS) is 21.7. The van der Waals surface area contributed by atoms with Gasteiger partial charge in [-0.1, -0.05) is 0 Å². The molecule has 21 heavy (non-hydrogen) atoms. The van der Waals surface area contributed by atoms with Gasteiger partial charge in [-0.05, 0) is 42.7 Å². The molecule has 2 atom stereocenters. The smallest absolute Gasteiger partial charge is 0.270 e. The molecule has 1 aliphatic rings. The summed E-state index contributed by atoms with van der Waals surface area (Å²) in [7, 11) is 1.72. The summed E-state index contributed by atoms with van der Waals surface area (Å²) in [6.07, 6.45) is 7.07. The van der Waals surface area contributed by atoms with Crippen molar-refractivity contribution in [3.63, 3.8) is 0 Å². The lowest BCUT2D eigenvalue weighted by molar-refractivity contribution is 0.0505. The maximum absolute atomic E-state index is 12.6. The minimum atomic E-state index is 0.0404. The molecule has 0 aromatic carbocycles. The first-order valence-corrected chi connectivity index (χ1v) is 7.15. The van der Waals surface area contributed by atoms with Crippen LogP contribution < -0.4 is 0 Å². The van der Waals surface area contributed by atoms with Gasteiger partial charge in [0.05, 0.1) is 12.1 Å². The number of aromatic nitrogens is 2. The number of likely N-dealkylation sites (tertiary alicyclic amines) is 1. The van der Waals surface area contributed by atoms with E-state index in [0.29, 0.717) is 5.69 Å². The predicted molar refractivity (Wildman–Crippen MR) is 79.0 cm³/mol. The van der Waals surface area contributed by atoms with Crippen LogP contribution in [0, 0.1) is 0 Å². The van der Waals surface area contributed by atoms with Crippen LogP contribution in [0.1, 0.15) is 22.5 Å². The first-order valence-electron chi connectivity index (χ1n) is 7.15. The lowest BCUT2D eigenvalue weighted by atomic mass is 10.0. The quantitative estimate of drug-likeness (QED) is 0.933. The van der Waals surface area contributed by atoms with Gasteiger partial charge in [-0.3, -0.25) is 9.78 Å². The minimum absolute atomic E-state index is 0.0404. The zero-order valence-electron chi connectivity index (χ0n) is 12.0. The van der Waals surface area contributed by atoms with Crippen LogP contribution in [0.3, 0.4) is 0 Å². The molecule has 1 N–H and O–H groups in total. The van der Waals surface area contributed by atoms with E-state index in [1.54, 1.807) is 25.7 Å². The predicted octanol–water partition coefficient (Wildman–Crippen LogP) is 1.88. The van der Waals surface area contributed by atoms with E-state index in [1.807, 2.05) is 29.2 Å². The Labute approximate surface area is 124 Å². The molecule has 3 heterocycles. The van der Waals surface area contributed by atoms with Gasteiger partial charge in [-0.15, -0.1) is 0 Å². The molecule has 1 amide bonds. The molecule has 2 aromatic heterocycles. The topological polar surface area (TPSA) is 58.2 Å². The molecule has 1 aliphatic heterocycles. The van der Waals surface area contributed by atoms with Crippen LogP contribution in [0.4, 0.5) is 0 Å². The molecule has 2 aromatic rings. The molecular formula is C16H19N3O2. The Morgan fingerprint density at radius 3 is 2.90 bits per heavy atom. The minimum Gasteiger partial charge on any atom is -0.379 e. The fourth-order valence-electron chi connectivity index (χ4n) is 2.97. The van der Waals surface area contributed by atoms with Crippen molar-refractivity contribution in [1.82, 2.24) is 14.9 Å². The molecule has 0 unspecified atom stereocenters. The highest BCUT2D eigenvalue weighted by molar-refractivity contribution is 5.92. The highest BCUT2D eigenvalue weighted by Crippen LogP contribution is 2.25. The van der Waals surface area contributed by atoms with Crippen LogP contribution in [0.5, 0.6) is 0 Å². The van der Waals surface area contributed by atoms with Crippen molar-refractivity contribution in [2.45, 2.75) is 25.0 Å². The fraction of sp³-hybridized carbons (Fsp3) is 0.375. The fourth-order valence-corrected chi connectivity index (χ4v) is 2.97. The van der Waals surface area contributed by atoms with Gasteiger partial charge in [0.15, 0.2) is 0 Å². The van der Waals surface area contributed by atoms with E-state index in [-0.39, 0.29) is 18.1 Å². The van der Waals surface area contributed by atoms with Gasteiger partial charge >= 0.3 is 0 Å². The molecule has 0 aliphatic carbocycles. The second kappa shape index (κ2) is 6.10. The number of methoxy groups -OCH3 is 1. The van der Waals surface area contributed by atoms with Crippen LogP contribution in [0.25, 0.3) is 0 Å². The second-order valence-corrected chi connectivity index (χ2v) is 5.27. The van der Waals surface area contributed by atoms with Crippen molar-refractivity contribution < 1.29 is 9.53 Å². The second-order valence-electron chi connectivity index (χ2n) is 5.27. The zero-order valence-corrected chi connectivity index (χ0v) is 12.0. The van der Waals surface area contributed by atoms with Crippen molar-refractivity contribution in [2.24, 2.45) is 0 Å². The Morgan fingerprint density at radius 2 is 2.24 bits per heavy atom. The number of carbonyl (C=O) groups excluding carboxylic acids is 1. The van der Waals surface area contributed by atoms with Gasteiger partial charge < -0.3 is 14.6 Å². The van der Waals surface area contributed by atoms with E-state index in [0.717, 1.165) is 19.4 Å². The van der Waals surface area contributed by atoms with Gasteiger partial charge in [-0.2, -0.15) is 0 Å². The van der Waals surface area contributed by atoms with Gasteiger partial charge in [0.2, 0.25) is 0 Å². The maximum atomic E-state index is 12.6. The Balaban J connectivity index is 1.80. The van der Waals surface area contributed by atoms with Crippen LogP contribution in [-0.2, 0) is 11.2 Å². The van der Waals surface area contributed by atoms with Crippen LogP contribution in [-0.4, -0.2) is 46.6 Å². The molecule has 0 saturated carbocycles. The van der Waals surface area contributed by atoms with Crippen LogP contribution >= 0.6 is 0 Å². The van der Waals surface area contributed by atoms with Gasteiger partial charge in [0, 0.05) is 32.2 Å². The van der Waals surface area contributed by atoms with Gasteiger partial charge in [0.25, 0.3) is 5.91 Å². The van der Waals surface area contributed by atoms with E-state index in [1.165, 1.54) is 5.56 Å². The summed E-state index contributed by atoms with van der Waals surface area (Å²) in [6, 6.07) is 7.69. The average molecular weight is 285 g/mol. The first-order chi connectivity index (χ1) is 10.3. The number of rotatable bonds is 4. The monoisotopic (exact) mass is 285 g/mol. The number of hydrogen-bond donors (Lipinski definition) is 1. The van der Waals surface area contributed by atoms with E-state index >= 15 is 0 Å². The molecule has 3 rings (SSSR count). The molecule has 1 fully saturated rings. The SMILES string of the molecule is CO[C@@H]1CCN(C(=O)c2ccc[nH]2)[C@@H]1Cc1ccncc1. The lowest BCUT2D eigenvalue weighted by Crippen LogP contribution is -2.41. The van der Waals surface area contributed by atoms with Crippen LogP contribution in [0.15, 0.2) is 42.9 Å². The summed E-state index contributed by atoms with van der Waals surface area (Å²) < 4.78 is 5.57. The van der Waals surface area contributed by atoms with Crippen molar-refractivity contribution >= 4 is 5.91 Å². The van der Waals surface area contributed by atoms with E-state index < -0.39 is 0 Å². The molecule has 110 valence electrons. The molecule has 5 nitrogen and oxygen atoms in total. The Kier molecular flexibility index (Phi) is 4.01. The van der Waals surface area contributed by atoms with Gasteiger partial charge in [-0.25, -0.2) is 0 Å². The molecule has 1 saturated heterocycles. The first kappa shape index (κ1) is 13.8. The van der Waals surface area contributed by atoms with E-state index in [9.17, 15) is 4.79 Å². The zero-order chi connectivity index (χ0) is 14.7. The molecule has 0 spiro atoms. The summed E-state index contributed by atoms with van der Waals surface area (Å²) in [5, 5.41) is 0. The molecule has 0 bridgehead atoms. The molecule has 5 heteroatoms.